The van der Waals surface area contributed by atoms with Crippen LogP contribution in [0.5, 0.6) is 11.5 Å². The highest BCUT2D eigenvalue weighted by Gasteiger charge is 2.37. The van der Waals surface area contributed by atoms with Crippen LogP contribution in [-0.4, -0.2) is 23.4 Å². The SMILES string of the molecule is O=C1CN(C2CCc3cc(Oc4ccc(C(F)(F)F)cc4Cl)ccc32)C(=O)N1. The number of hydrogen-bond acceptors (Lipinski definition) is 3. The predicted octanol–water partition coefficient (Wildman–Crippen LogP) is 4.69. The van der Waals surface area contributed by atoms with Gasteiger partial charge in [-0.15, -0.1) is 0 Å². The van der Waals surface area contributed by atoms with Crippen LogP contribution >= 0.6 is 11.6 Å². The third-order valence-electron chi connectivity index (χ3n) is 4.84. The Kier molecular flexibility index (Phi) is 4.45. The second kappa shape index (κ2) is 6.70. The molecule has 0 radical (unpaired) electrons. The van der Waals surface area contributed by atoms with Gasteiger partial charge < -0.3 is 9.64 Å². The van der Waals surface area contributed by atoms with Gasteiger partial charge in [0, 0.05) is 0 Å². The summed E-state index contributed by atoms with van der Waals surface area (Å²) in [5.41, 5.74) is 1.04. The maximum Gasteiger partial charge on any atom is 0.416 e. The minimum absolute atomic E-state index is 0.0301. The number of nitrogens with zero attached hydrogens (tertiary/aromatic N) is 1. The predicted molar refractivity (Wildman–Crippen MR) is 94.3 cm³/mol. The van der Waals surface area contributed by atoms with Crippen molar-refractivity contribution < 1.29 is 27.5 Å². The number of alkyl halides is 3. The van der Waals surface area contributed by atoms with Crippen molar-refractivity contribution in [3.8, 4) is 11.5 Å². The zero-order valence-electron chi connectivity index (χ0n) is 14.3. The molecule has 2 aromatic rings. The lowest BCUT2D eigenvalue weighted by Crippen LogP contribution is -2.31. The Balaban J connectivity index is 1.54. The first-order valence-corrected chi connectivity index (χ1v) is 8.88. The number of urea groups is 1. The van der Waals surface area contributed by atoms with Gasteiger partial charge in [-0.1, -0.05) is 17.7 Å². The average Bonchev–Trinajstić information content (AvgIpc) is 3.17. The topological polar surface area (TPSA) is 58.6 Å². The van der Waals surface area contributed by atoms with Crippen LogP contribution in [0, 0.1) is 0 Å². The Hall–Kier alpha value is -2.74. The van der Waals surface area contributed by atoms with Crippen molar-refractivity contribution in [1.29, 1.82) is 0 Å². The van der Waals surface area contributed by atoms with Gasteiger partial charge in [0.1, 0.15) is 18.0 Å². The highest BCUT2D eigenvalue weighted by Crippen LogP contribution is 2.40. The lowest BCUT2D eigenvalue weighted by atomic mass is 10.1. The fourth-order valence-corrected chi connectivity index (χ4v) is 3.77. The van der Waals surface area contributed by atoms with Crippen molar-refractivity contribution in [2.45, 2.75) is 25.1 Å². The molecule has 146 valence electrons. The Labute approximate surface area is 163 Å². The van der Waals surface area contributed by atoms with Crippen LogP contribution in [0.25, 0.3) is 0 Å². The molecule has 9 heteroatoms. The molecule has 5 nitrogen and oxygen atoms in total. The molecule has 0 bridgehead atoms. The molecule has 1 fully saturated rings. The van der Waals surface area contributed by atoms with Crippen molar-refractivity contribution in [3.63, 3.8) is 0 Å². The van der Waals surface area contributed by atoms with E-state index < -0.39 is 17.8 Å². The first-order valence-electron chi connectivity index (χ1n) is 8.50. The Morgan fingerprint density at radius 3 is 2.57 bits per heavy atom. The van der Waals surface area contributed by atoms with Gasteiger partial charge in [0.05, 0.1) is 16.6 Å². The standard InChI is InChI=1S/C19H14ClF3N2O3/c20-14-8-11(19(21,22)23)2-6-16(14)28-12-3-4-13-10(7-12)1-5-15(13)25-9-17(26)24-18(25)27/h2-4,6-8,15H,1,5,9H2,(H,24,26,27). The number of carbonyl (C=O) groups excluding carboxylic acids is 2. The third kappa shape index (κ3) is 3.40. The molecule has 2 aliphatic rings. The molecule has 3 amide bonds. The van der Waals surface area contributed by atoms with E-state index in [4.69, 9.17) is 16.3 Å². The minimum atomic E-state index is -4.48. The molecule has 1 aliphatic carbocycles. The maximum atomic E-state index is 12.7. The van der Waals surface area contributed by atoms with E-state index in [-0.39, 0.29) is 29.3 Å². The van der Waals surface area contributed by atoms with Crippen LogP contribution in [0.1, 0.15) is 29.2 Å². The monoisotopic (exact) mass is 410 g/mol. The first kappa shape index (κ1) is 18.6. The van der Waals surface area contributed by atoms with Crippen LogP contribution in [0.15, 0.2) is 36.4 Å². The molecule has 0 aromatic heterocycles. The lowest BCUT2D eigenvalue weighted by Gasteiger charge is -2.22. The van der Waals surface area contributed by atoms with Gasteiger partial charge in [-0.3, -0.25) is 10.1 Å². The van der Waals surface area contributed by atoms with Crippen molar-refractivity contribution in [2.75, 3.05) is 6.54 Å². The summed E-state index contributed by atoms with van der Waals surface area (Å²) in [6.45, 7) is 0.0301. The van der Waals surface area contributed by atoms with Crippen molar-refractivity contribution >= 4 is 23.5 Å². The van der Waals surface area contributed by atoms with E-state index >= 15 is 0 Å². The number of fused-ring (bicyclic) bond motifs is 1. The number of halogens is 4. The number of carbonyl (C=O) groups is 2. The summed E-state index contributed by atoms with van der Waals surface area (Å²) in [7, 11) is 0. The van der Waals surface area contributed by atoms with Crippen LogP contribution in [-0.2, 0) is 17.4 Å². The van der Waals surface area contributed by atoms with Gasteiger partial charge in [-0.2, -0.15) is 13.2 Å². The number of ether oxygens (including phenoxy) is 1. The normalized spacial score (nSPS) is 19.0. The number of aryl methyl sites for hydroxylation is 1. The molecule has 1 heterocycles. The van der Waals surface area contributed by atoms with Gasteiger partial charge in [-0.05, 0) is 54.3 Å². The van der Waals surface area contributed by atoms with E-state index in [1.807, 2.05) is 0 Å². The highest BCUT2D eigenvalue weighted by atomic mass is 35.5. The lowest BCUT2D eigenvalue weighted by molar-refractivity contribution is -0.137. The molecule has 0 saturated carbocycles. The molecule has 1 saturated heterocycles. The van der Waals surface area contributed by atoms with E-state index in [9.17, 15) is 22.8 Å². The van der Waals surface area contributed by atoms with Crippen molar-refractivity contribution in [2.24, 2.45) is 0 Å². The Morgan fingerprint density at radius 2 is 1.93 bits per heavy atom. The summed E-state index contributed by atoms with van der Waals surface area (Å²) in [6, 6.07) is 7.57. The summed E-state index contributed by atoms with van der Waals surface area (Å²) >= 11 is 5.93. The summed E-state index contributed by atoms with van der Waals surface area (Å²) in [5, 5.41) is 2.13. The number of benzene rings is 2. The molecule has 1 unspecified atom stereocenters. The van der Waals surface area contributed by atoms with Crippen LogP contribution < -0.4 is 10.1 Å². The van der Waals surface area contributed by atoms with E-state index in [1.54, 1.807) is 18.2 Å². The fourth-order valence-electron chi connectivity index (χ4n) is 3.55. The number of imide groups is 1. The van der Waals surface area contributed by atoms with Gasteiger partial charge in [0.15, 0.2) is 0 Å². The molecule has 4 rings (SSSR count). The number of rotatable bonds is 3. The maximum absolute atomic E-state index is 12.7. The first-order chi connectivity index (χ1) is 13.2. The zero-order valence-corrected chi connectivity index (χ0v) is 15.1. The van der Waals surface area contributed by atoms with Crippen molar-refractivity contribution in [3.05, 3.63) is 58.1 Å². The van der Waals surface area contributed by atoms with Crippen LogP contribution in [0.2, 0.25) is 5.02 Å². The van der Waals surface area contributed by atoms with Crippen LogP contribution in [0.3, 0.4) is 0 Å². The highest BCUT2D eigenvalue weighted by molar-refractivity contribution is 6.32. The van der Waals surface area contributed by atoms with Gasteiger partial charge in [0.25, 0.3) is 0 Å². The number of hydrogen-bond donors (Lipinski definition) is 1. The average molecular weight is 411 g/mol. The second-order valence-electron chi connectivity index (χ2n) is 6.64. The third-order valence-corrected chi connectivity index (χ3v) is 5.14. The Morgan fingerprint density at radius 1 is 1.14 bits per heavy atom. The molecular weight excluding hydrogens is 397 g/mol. The van der Waals surface area contributed by atoms with Gasteiger partial charge in [0.2, 0.25) is 5.91 Å². The molecule has 28 heavy (non-hydrogen) atoms. The van der Waals surface area contributed by atoms with E-state index in [2.05, 4.69) is 5.32 Å². The smallest absolute Gasteiger partial charge is 0.416 e. The van der Waals surface area contributed by atoms with Gasteiger partial charge >= 0.3 is 12.2 Å². The molecule has 1 aliphatic heterocycles. The molecule has 1 atom stereocenters. The van der Waals surface area contributed by atoms with Gasteiger partial charge in [-0.25, -0.2) is 4.79 Å². The zero-order chi connectivity index (χ0) is 20.1. The van der Waals surface area contributed by atoms with E-state index in [0.29, 0.717) is 18.6 Å². The summed E-state index contributed by atoms with van der Waals surface area (Å²) in [6.07, 6.45) is -3.11. The fraction of sp³-hybridized carbons (Fsp3) is 0.263. The number of amides is 3. The quantitative estimate of drug-likeness (QED) is 0.747. The molecule has 2 aromatic carbocycles. The van der Waals surface area contributed by atoms with E-state index in [1.165, 1.54) is 11.0 Å². The number of nitrogens with one attached hydrogen (secondary N) is 1. The molecular formula is C19H14ClF3N2O3. The molecule has 0 spiro atoms. The summed E-state index contributed by atoms with van der Waals surface area (Å²) in [4.78, 5) is 24.8. The summed E-state index contributed by atoms with van der Waals surface area (Å²) in [5.74, 6) is 0.229. The Bertz CT molecular complexity index is 977. The molecule has 1 N–H and O–H groups in total. The largest absolute Gasteiger partial charge is 0.456 e. The van der Waals surface area contributed by atoms with Crippen molar-refractivity contribution in [1.82, 2.24) is 10.2 Å². The van der Waals surface area contributed by atoms with Crippen LogP contribution in [0.4, 0.5) is 18.0 Å². The summed E-state index contributed by atoms with van der Waals surface area (Å²) < 4.78 is 43.9. The van der Waals surface area contributed by atoms with E-state index in [0.717, 1.165) is 23.3 Å². The minimum Gasteiger partial charge on any atom is -0.456 e. The second-order valence-corrected chi connectivity index (χ2v) is 7.05.